The van der Waals surface area contributed by atoms with Crippen LogP contribution in [0, 0.1) is 6.92 Å². The summed E-state index contributed by atoms with van der Waals surface area (Å²) in [4.78, 5) is 10.7. The number of aryl methyl sites for hydroxylation is 1. The molecular weight excluding hydrogens is 176 g/mol. The highest BCUT2D eigenvalue weighted by molar-refractivity contribution is 5.97. The number of rotatable bonds is 1. The number of carbonyl (C=O) groups is 1. The van der Waals surface area contributed by atoms with E-state index in [1.165, 1.54) is 0 Å². The van der Waals surface area contributed by atoms with Gasteiger partial charge < -0.3 is 11.5 Å². The highest BCUT2D eigenvalue weighted by Crippen LogP contribution is 2.12. The maximum atomic E-state index is 10.7. The van der Waals surface area contributed by atoms with Crippen molar-refractivity contribution in [3.8, 4) is 0 Å². The molecule has 1 aromatic rings. The Bertz CT molecular complexity index is 299. The first-order chi connectivity index (χ1) is 5.11. The van der Waals surface area contributed by atoms with Crippen LogP contribution >= 0.6 is 12.4 Å². The highest BCUT2D eigenvalue weighted by atomic mass is 35.5. The number of hydrogen-bond donors (Lipinski definition) is 2. The summed E-state index contributed by atoms with van der Waals surface area (Å²) < 4.78 is 0. The molecule has 0 radical (unpaired) electrons. The molecule has 4 N–H and O–H groups in total. The number of benzene rings is 1. The van der Waals surface area contributed by atoms with Crippen molar-refractivity contribution in [2.75, 3.05) is 5.73 Å². The lowest BCUT2D eigenvalue weighted by atomic mass is 10.1. The second-order valence-corrected chi connectivity index (χ2v) is 2.45. The molecule has 0 bridgehead atoms. The van der Waals surface area contributed by atoms with Crippen LogP contribution in [0.3, 0.4) is 0 Å². The molecule has 3 nitrogen and oxygen atoms in total. The molecule has 1 amide bonds. The molecule has 1 rings (SSSR count). The number of nitrogens with two attached hydrogens (primary N) is 2. The van der Waals surface area contributed by atoms with E-state index >= 15 is 0 Å². The van der Waals surface area contributed by atoms with Gasteiger partial charge in [-0.3, -0.25) is 4.79 Å². The number of nitrogen functional groups attached to an aromatic ring is 1. The van der Waals surface area contributed by atoms with Crippen LogP contribution in [-0.4, -0.2) is 5.91 Å². The molecule has 66 valence electrons. The molecule has 0 aliphatic carbocycles. The van der Waals surface area contributed by atoms with E-state index in [2.05, 4.69) is 0 Å². The van der Waals surface area contributed by atoms with Gasteiger partial charge in [0.2, 0.25) is 0 Å². The fraction of sp³-hybridized carbons (Fsp3) is 0.125. The van der Waals surface area contributed by atoms with Crippen LogP contribution in [0.2, 0.25) is 0 Å². The predicted molar refractivity (Wildman–Crippen MR) is 51.4 cm³/mol. The summed E-state index contributed by atoms with van der Waals surface area (Å²) >= 11 is 0. The maximum Gasteiger partial charge on any atom is 0.250 e. The van der Waals surface area contributed by atoms with Crippen molar-refractivity contribution in [3.05, 3.63) is 29.3 Å². The van der Waals surface area contributed by atoms with Gasteiger partial charge in [0.15, 0.2) is 0 Å². The molecule has 4 heteroatoms. The second kappa shape index (κ2) is 3.97. The lowest BCUT2D eigenvalue weighted by molar-refractivity contribution is 0.100. The summed E-state index contributed by atoms with van der Waals surface area (Å²) in [5, 5.41) is 0. The third-order valence-corrected chi connectivity index (χ3v) is 1.47. The Kier molecular flexibility index (Phi) is 3.57. The average Bonchev–Trinajstić information content (AvgIpc) is 1.85. The molecule has 0 saturated carbocycles. The molecule has 0 aliphatic rings. The van der Waals surface area contributed by atoms with E-state index in [9.17, 15) is 4.79 Å². The standard InChI is InChI=1S/C8H10N2O.ClH/c1-5-2-3-6(8(10)11)7(9)4-5;/h2-4H,9H2,1H3,(H2,10,11);1H. The topological polar surface area (TPSA) is 69.1 Å². The molecule has 0 atom stereocenters. The van der Waals surface area contributed by atoms with Crippen LogP contribution < -0.4 is 11.5 Å². The lowest BCUT2D eigenvalue weighted by Crippen LogP contribution is -2.13. The van der Waals surface area contributed by atoms with E-state index in [0.29, 0.717) is 11.3 Å². The number of amides is 1. The van der Waals surface area contributed by atoms with Gasteiger partial charge in [0.25, 0.3) is 5.91 Å². The van der Waals surface area contributed by atoms with Crippen molar-refractivity contribution in [2.24, 2.45) is 5.73 Å². The summed E-state index contributed by atoms with van der Waals surface area (Å²) in [6, 6.07) is 5.16. The van der Waals surface area contributed by atoms with Crippen molar-refractivity contribution in [1.82, 2.24) is 0 Å². The zero-order valence-electron chi connectivity index (χ0n) is 6.70. The minimum Gasteiger partial charge on any atom is -0.398 e. The Morgan fingerprint density at radius 2 is 2.00 bits per heavy atom. The molecule has 0 spiro atoms. The molecule has 12 heavy (non-hydrogen) atoms. The number of halogens is 1. The smallest absolute Gasteiger partial charge is 0.250 e. The molecule has 1 aromatic carbocycles. The lowest BCUT2D eigenvalue weighted by Gasteiger charge is -2.00. The highest BCUT2D eigenvalue weighted by Gasteiger charge is 2.03. The zero-order chi connectivity index (χ0) is 8.43. The minimum atomic E-state index is -0.484. The summed E-state index contributed by atoms with van der Waals surface area (Å²) in [6.45, 7) is 1.90. The van der Waals surface area contributed by atoms with Crippen molar-refractivity contribution in [3.63, 3.8) is 0 Å². The Balaban J connectivity index is 0.00000121. The van der Waals surface area contributed by atoms with Gasteiger partial charge in [0.05, 0.1) is 5.56 Å². The Labute approximate surface area is 77.2 Å². The fourth-order valence-corrected chi connectivity index (χ4v) is 0.907. The Morgan fingerprint density at radius 1 is 1.42 bits per heavy atom. The van der Waals surface area contributed by atoms with E-state index < -0.39 is 5.91 Å². The summed E-state index contributed by atoms with van der Waals surface area (Å²) in [5.41, 5.74) is 12.4. The zero-order valence-corrected chi connectivity index (χ0v) is 7.52. The second-order valence-electron chi connectivity index (χ2n) is 2.45. The van der Waals surface area contributed by atoms with Crippen LogP contribution in [-0.2, 0) is 0 Å². The minimum absolute atomic E-state index is 0. The van der Waals surface area contributed by atoms with Crippen molar-refractivity contribution in [1.29, 1.82) is 0 Å². The normalized spacial score (nSPS) is 8.75. The first-order valence-corrected chi connectivity index (χ1v) is 3.27. The average molecular weight is 187 g/mol. The molecule has 0 aliphatic heterocycles. The van der Waals surface area contributed by atoms with Gasteiger partial charge in [-0.05, 0) is 24.6 Å². The first kappa shape index (κ1) is 10.8. The first-order valence-electron chi connectivity index (χ1n) is 3.27. The third kappa shape index (κ3) is 2.13. The van der Waals surface area contributed by atoms with Crippen LogP contribution in [0.25, 0.3) is 0 Å². The maximum absolute atomic E-state index is 10.7. The number of primary amides is 1. The fourth-order valence-electron chi connectivity index (χ4n) is 0.907. The SMILES string of the molecule is Cc1ccc(C(N)=O)c(N)c1.Cl. The molecule has 0 saturated heterocycles. The van der Waals surface area contributed by atoms with Crippen LogP contribution in [0.1, 0.15) is 15.9 Å². The van der Waals surface area contributed by atoms with E-state index in [1.54, 1.807) is 18.2 Å². The van der Waals surface area contributed by atoms with Gasteiger partial charge in [-0.25, -0.2) is 0 Å². The van der Waals surface area contributed by atoms with Crippen molar-refractivity contribution >= 4 is 24.0 Å². The molecule has 0 fully saturated rings. The van der Waals surface area contributed by atoms with Crippen molar-refractivity contribution in [2.45, 2.75) is 6.92 Å². The largest absolute Gasteiger partial charge is 0.398 e. The monoisotopic (exact) mass is 186 g/mol. The van der Waals surface area contributed by atoms with E-state index in [0.717, 1.165) is 5.56 Å². The van der Waals surface area contributed by atoms with Gasteiger partial charge in [-0.15, -0.1) is 12.4 Å². The molecule has 0 aromatic heterocycles. The van der Waals surface area contributed by atoms with E-state index in [-0.39, 0.29) is 12.4 Å². The molecule has 0 heterocycles. The van der Waals surface area contributed by atoms with Gasteiger partial charge >= 0.3 is 0 Å². The van der Waals surface area contributed by atoms with Gasteiger partial charge in [0.1, 0.15) is 0 Å². The Morgan fingerprint density at radius 3 is 2.42 bits per heavy atom. The predicted octanol–water partition coefficient (Wildman–Crippen LogP) is 1.10. The number of anilines is 1. The number of hydrogen-bond acceptors (Lipinski definition) is 2. The van der Waals surface area contributed by atoms with E-state index in [4.69, 9.17) is 11.5 Å². The summed E-state index contributed by atoms with van der Waals surface area (Å²) in [6.07, 6.45) is 0. The third-order valence-electron chi connectivity index (χ3n) is 1.47. The summed E-state index contributed by atoms with van der Waals surface area (Å²) in [5.74, 6) is -0.484. The van der Waals surface area contributed by atoms with Crippen LogP contribution in [0.4, 0.5) is 5.69 Å². The van der Waals surface area contributed by atoms with Gasteiger partial charge in [0, 0.05) is 5.69 Å². The van der Waals surface area contributed by atoms with Crippen LogP contribution in [0.15, 0.2) is 18.2 Å². The quantitative estimate of drug-likeness (QED) is 0.645. The van der Waals surface area contributed by atoms with Gasteiger partial charge in [-0.1, -0.05) is 6.07 Å². The van der Waals surface area contributed by atoms with Gasteiger partial charge in [-0.2, -0.15) is 0 Å². The van der Waals surface area contributed by atoms with Crippen LogP contribution in [0.5, 0.6) is 0 Å². The van der Waals surface area contributed by atoms with E-state index in [1.807, 2.05) is 6.92 Å². The molecule has 0 unspecified atom stereocenters. The number of carbonyl (C=O) groups excluding carboxylic acids is 1. The summed E-state index contributed by atoms with van der Waals surface area (Å²) in [7, 11) is 0. The molecular formula is C8H11ClN2O. The Hall–Kier alpha value is -1.22. The van der Waals surface area contributed by atoms with Crippen molar-refractivity contribution < 1.29 is 4.79 Å².